The number of benzene rings is 3. The summed E-state index contributed by atoms with van der Waals surface area (Å²) in [6, 6.07) is 20.1. The third-order valence-electron chi connectivity index (χ3n) is 6.41. The van der Waals surface area contributed by atoms with E-state index in [1.807, 2.05) is 29.2 Å². The highest BCUT2D eigenvalue weighted by Gasteiger charge is 2.21. The number of hydrogen-bond acceptors (Lipinski definition) is 7. The Morgan fingerprint density at radius 1 is 1.00 bits per heavy atom. The van der Waals surface area contributed by atoms with Gasteiger partial charge in [0.15, 0.2) is 6.61 Å². The minimum Gasteiger partial charge on any atom is -0.508 e. The van der Waals surface area contributed by atoms with E-state index in [1.165, 1.54) is 0 Å². The first-order chi connectivity index (χ1) is 17.8. The molecule has 1 heterocycles. The van der Waals surface area contributed by atoms with Gasteiger partial charge in [-0.3, -0.25) is 4.79 Å². The van der Waals surface area contributed by atoms with Crippen molar-refractivity contribution in [1.82, 2.24) is 4.90 Å². The van der Waals surface area contributed by atoms with E-state index in [0.29, 0.717) is 35.7 Å². The molecule has 1 saturated heterocycles. The van der Waals surface area contributed by atoms with E-state index in [-0.39, 0.29) is 24.0 Å². The number of anilines is 1. The molecule has 1 amide bonds. The number of nitrogens with one attached hydrogen (secondary N) is 1. The van der Waals surface area contributed by atoms with Gasteiger partial charge in [-0.25, -0.2) is 0 Å². The fourth-order valence-corrected chi connectivity index (χ4v) is 4.15. The fraction of sp³-hybridized carbons (Fsp3) is 0.241. The van der Waals surface area contributed by atoms with Crippen LogP contribution in [0.5, 0.6) is 17.2 Å². The molecule has 8 nitrogen and oxygen atoms in total. The number of carbonyl (C=O) groups is 1. The van der Waals surface area contributed by atoms with Gasteiger partial charge in [-0.2, -0.15) is 0 Å². The van der Waals surface area contributed by atoms with Crippen molar-refractivity contribution in [3.63, 3.8) is 0 Å². The quantitative estimate of drug-likeness (QED) is 0.406. The zero-order chi connectivity index (χ0) is 26.4. The molecule has 0 spiro atoms. The zero-order valence-electron chi connectivity index (χ0n) is 21.1. The molecular weight excluding hydrogens is 468 g/mol. The highest BCUT2D eigenvalue weighted by Crippen LogP contribution is 2.22. The molecule has 192 valence electrons. The molecule has 0 aliphatic carbocycles. The van der Waals surface area contributed by atoms with Crippen molar-refractivity contribution in [2.24, 2.45) is 5.73 Å². The van der Waals surface area contributed by atoms with E-state index < -0.39 is 0 Å². The average Bonchev–Trinajstić information content (AvgIpc) is 2.93. The third-order valence-corrected chi connectivity index (χ3v) is 6.41. The first-order valence-corrected chi connectivity index (χ1v) is 12.1. The minimum absolute atomic E-state index is 0.0654. The van der Waals surface area contributed by atoms with Gasteiger partial charge in [0, 0.05) is 43.1 Å². The van der Waals surface area contributed by atoms with E-state index in [2.05, 4.69) is 4.90 Å². The number of aromatic hydroxyl groups is 1. The van der Waals surface area contributed by atoms with Crippen molar-refractivity contribution < 1.29 is 19.4 Å². The van der Waals surface area contributed by atoms with Crippen LogP contribution in [0.4, 0.5) is 5.69 Å². The number of amides is 1. The van der Waals surface area contributed by atoms with Crippen LogP contribution in [0.25, 0.3) is 5.70 Å². The number of phenolic OH excluding ortho intramolecular Hbond substituents is 1. The summed E-state index contributed by atoms with van der Waals surface area (Å²) in [4.78, 5) is 16.8. The normalized spacial score (nSPS) is 13.8. The highest BCUT2D eigenvalue weighted by atomic mass is 16.5. The molecule has 0 unspecified atom stereocenters. The predicted molar refractivity (Wildman–Crippen MR) is 146 cm³/mol. The van der Waals surface area contributed by atoms with Gasteiger partial charge in [-0.05, 0) is 78.7 Å². The van der Waals surface area contributed by atoms with Crippen LogP contribution in [0.2, 0.25) is 0 Å². The van der Waals surface area contributed by atoms with Crippen molar-refractivity contribution in [1.29, 1.82) is 5.41 Å². The molecule has 0 radical (unpaired) electrons. The molecule has 37 heavy (non-hydrogen) atoms. The Hall–Kier alpha value is -4.46. The van der Waals surface area contributed by atoms with Crippen molar-refractivity contribution in [3.05, 3.63) is 89.5 Å². The smallest absolute Gasteiger partial charge is 0.260 e. The molecule has 0 bridgehead atoms. The van der Waals surface area contributed by atoms with Crippen molar-refractivity contribution in [3.8, 4) is 17.2 Å². The highest BCUT2D eigenvalue weighted by molar-refractivity contribution is 6.10. The lowest BCUT2D eigenvalue weighted by atomic mass is 10.0. The summed E-state index contributed by atoms with van der Waals surface area (Å²) in [6.07, 6.45) is 1.57. The van der Waals surface area contributed by atoms with Crippen LogP contribution in [-0.2, 0) is 4.79 Å². The van der Waals surface area contributed by atoms with E-state index in [9.17, 15) is 9.90 Å². The Kier molecular flexibility index (Phi) is 7.98. The summed E-state index contributed by atoms with van der Waals surface area (Å²) < 4.78 is 11.0. The summed E-state index contributed by atoms with van der Waals surface area (Å²) in [5, 5.41) is 18.2. The molecule has 4 N–H and O–H groups in total. The van der Waals surface area contributed by atoms with E-state index in [4.69, 9.17) is 20.6 Å². The van der Waals surface area contributed by atoms with Crippen molar-refractivity contribution >= 4 is 23.0 Å². The van der Waals surface area contributed by atoms with Crippen molar-refractivity contribution in [2.45, 2.75) is 6.92 Å². The number of carbonyl (C=O) groups excluding carboxylic acids is 1. The third kappa shape index (κ3) is 6.41. The number of piperazine rings is 1. The van der Waals surface area contributed by atoms with E-state index in [0.717, 1.165) is 30.1 Å². The molecule has 0 saturated carbocycles. The maximum atomic E-state index is 12.8. The number of aryl methyl sites for hydroxylation is 1. The predicted octanol–water partition coefficient (Wildman–Crippen LogP) is 3.80. The van der Waals surface area contributed by atoms with Crippen LogP contribution in [0.3, 0.4) is 0 Å². The first-order valence-electron chi connectivity index (χ1n) is 12.1. The Labute approximate surface area is 217 Å². The monoisotopic (exact) mass is 500 g/mol. The van der Waals surface area contributed by atoms with Gasteiger partial charge in [0.1, 0.15) is 17.2 Å². The number of methoxy groups -OCH3 is 1. The van der Waals surface area contributed by atoms with Gasteiger partial charge in [0.05, 0.1) is 12.8 Å². The number of phenols is 1. The molecule has 3 aromatic carbocycles. The Morgan fingerprint density at radius 2 is 1.73 bits per heavy atom. The molecule has 1 aliphatic heterocycles. The summed E-state index contributed by atoms with van der Waals surface area (Å²) in [6.45, 7) is 4.47. The van der Waals surface area contributed by atoms with Gasteiger partial charge >= 0.3 is 0 Å². The van der Waals surface area contributed by atoms with Gasteiger partial charge in [0.2, 0.25) is 0 Å². The molecule has 0 aromatic heterocycles. The second-order valence-electron chi connectivity index (χ2n) is 8.90. The van der Waals surface area contributed by atoms with Crippen molar-refractivity contribution in [2.75, 3.05) is 44.8 Å². The Balaban J connectivity index is 1.30. The number of nitrogens with two attached hydrogens (primary N) is 1. The number of ether oxygens (including phenoxy) is 2. The molecule has 4 rings (SSSR count). The first kappa shape index (κ1) is 25.6. The topological polar surface area (TPSA) is 112 Å². The second-order valence-corrected chi connectivity index (χ2v) is 8.90. The fourth-order valence-electron chi connectivity index (χ4n) is 4.15. The molecule has 0 atom stereocenters. The lowest BCUT2D eigenvalue weighted by Gasteiger charge is -2.36. The van der Waals surface area contributed by atoms with Gasteiger partial charge in [-0.15, -0.1) is 0 Å². The standard InChI is InChI=1S/C29H32N4O4/c1-20-16-22(6-11-28(20)34)27(31)18-26(30)21-4-3-5-25(17-21)37-19-29(35)33-14-12-32(13-15-33)23-7-9-24(36-2)10-8-23/h3-11,16-18,30,34H,12-15,19,31H2,1-2H3. The van der Waals surface area contributed by atoms with Gasteiger partial charge in [0.25, 0.3) is 5.91 Å². The summed E-state index contributed by atoms with van der Waals surface area (Å²) >= 11 is 0. The number of allylic oxidation sites excluding steroid dienone is 1. The summed E-state index contributed by atoms with van der Waals surface area (Å²) in [5.41, 5.74) is 9.99. The zero-order valence-corrected chi connectivity index (χ0v) is 21.1. The van der Waals surface area contributed by atoms with Crippen LogP contribution >= 0.6 is 0 Å². The van der Waals surface area contributed by atoms with E-state index in [1.54, 1.807) is 62.6 Å². The maximum Gasteiger partial charge on any atom is 0.260 e. The molecule has 3 aromatic rings. The number of rotatable bonds is 8. The summed E-state index contributed by atoms with van der Waals surface area (Å²) in [5.74, 6) is 1.47. The Morgan fingerprint density at radius 3 is 2.41 bits per heavy atom. The lowest BCUT2D eigenvalue weighted by Crippen LogP contribution is -2.50. The van der Waals surface area contributed by atoms with Gasteiger partial charge in [-0.1, -0.05) is 12.1 Å². The van der Waals surface area contributed by atoms with Crippen LogP contribution < -0.4 is 20.1 Å². The molecule has 8 heteroatoms. The second kappa shape index (κ2) is 11.5. The molecule has 1 aliphatic rings. The maximum absolute atomic E-state index is 12.8. The molecule has 1 fully saturated rings. The largest absolute Gasteiger partial charge is 0.508 e. The summed E-state index contributed by atoms with van der Waals surface area (Å²) in [7, 11) is 1.65. The van der Waals surface area contributed by atoms with Gasteiger partial charge < -0.3 is 35.5 Å². The van der Waals surface area contributed by atoms with Crippen LogP contribution in [-0.4, -0.2) is 61.5 Å². The number of hydrogen-bond donors (Lipinski definition) is 3. The van der Waals surface area contributed by atoms with E-state index >= 15 is 0 Å². The molecular formula is C29H32N4O4. The van der Waals surface area contributed by atoms with Crippen LogP contribution in [0.1, 0.15) is 16.7 Å². The van der Waals surface area contributed by atoms with Crippen LogP contribution in [0, 0.1) is 12.3 Å². The number of nitrogens with zero attached hydrogens (tertiary/aromatic N) is 2. The average molecular weight is 501 g/mol. The minimum atomic E-state index is -0.0679. The SMILES string of the molecule is COc1ccc(N2CCN(C(=O)COc3cccc(C(=N)C=C(N)c4ccc(O)c(C)c4)c3)CC2)cc1. The van der Waals surface area contributed by atoms with Crippen LogP contribution in [0.15, 0.2) is 72.8 Å². The lowest BCUT2D eigenvalue weighted by molar-refractivity contribution is -0.133. The Bertz CT molecular complexity index is 1300.